The molecule has 41 heavy (non-hydrogen) atoms. The van der Waals surface area contributed by atoms with Crippen LogP contribution in [-0.2, 0) is 4.79 Å². The van der Waals surface area contributed by atoms with Gasteiger partial charge >= 0.3 is 0 Å². The SMILES string of the molecule is CCCOc1ccc(F)c2nc(NC(=O)C[C@H](CCCNC)Nc3nccc4ccc(-c5noc(C)n5)cc34)sc12. The van der Waals surface area contributed by atoms with Crippen molar-refractivity contribution in [3.8, 4) is 17.1 Å². The van der Waals surface area contributed by atoms with Gasteiger partial charge in [0.05, 0.1) is 6.61 Å². The Morgan fingerprint density at radius 1 is 1.20 bits per heavy atom. The molecule has 0 aliphatic heterocycles. The number of ether oxygens (including phenoxy) is 1. The second-order valence-corrected chi connectivity index (χ2v) is 10.7. The van der Waals surface area contributed by atoms with Gasteiger partial charge in [-0.2, -0.15) is 4.98 Å². The summed E-state index contributed by atoms with van der Waals surface area (Å²) in [4.78, 5) is 26.5. The molecule has 0 aliphatic rings. The highest BCUT2D eigenvalue weighted by Crippen LogP contribution is 2.35. The molecule has 3 heterocycles. The number of hydrogen-bond acceptors (Lipinski definition) is 10. The van der Waals surface area contributed by atoms with E-state index >= 15 is 0 Å². The largest absolute Gasteiger partial charge is 0.492 e. The standard InChI is InChI=1S/C29H32FN7O3S/c1-4-14-39-23-10-9-22(30)25-26(23)41-29(36-25)35-24(38)16-20(6-5-12-31-3)34-28-21-15-19(27-33-17(2)40-37-27)8-7-18(21)11-13-32-28/h7-11,13,15,20,31H,4-6,12,14,16H2,1-3H3,(H,32,34)(H,35,36,38)/t20-/m0/s1. The number of pyridine rings is 1. The Bertz CT molecular complexity index is 1650. The second kappa shape index (κ2) is 13.0. The molecule has 0 unspecified atom stereocenters. The zero-order valence-electron chi connectivity index (χ0n) is 23.2. The Kier molecular flexibility index (Phi) is 9.00. The van der Waals surface area contributed by atoms with Crippen molar-refractivity contribution < 1.29 is 18.4 Å². The average molecular weight is 578 g/mol. The van der Waals surface area contributed by atoms with E-state index in [1.807, 2.05) is 38.2 Å². The van der Waals surface area contributed by atoms with E-state index in [9.17, 15) is 9.18 Å². The van der Waals surface area contributed by atoms with Gasteiger partial charge in [-0.1, -0.05) is 35.5 Å². The number of aryl methyl sites for hydroxylation is 1. The number of amides is 1. The molecule has 1 atom stereocenters. The molecule has 3 N–H and O–H groups in total. The number of nitrogens with zero attached hydrogens (tertiary/aromatic N) is 4. The third-order valence-corrected chi connectivity index (χ3v) is 7.46. The number of anilines is 2. The molecule has 214 valence electrons. The molecule has 0 fully saturated rings. The minimum atomic E-state index is -0.454. The van der Waals surface area contributed by atoms with Gasteiger partial charge in [-0.15, -0.1) is 0 Å². The van der Waals surface area contributed by atoms with Crippen LogP contribution in [0.15, 0.2) is 47.1 Å². The second-order valence-electron chi connectivity index (χ2n) is 9.66. The lowest BCUT2D eigenvalue weighted by Crippen LogP contribution is -2.28. The molecule has 12 heteroatoms. The third kappa shape index (κ3) is 6.77. The van der Waals surface area contributed by atoms with E-state index in [4.69, 9.17) is 9.26 Å². The van der Waals surface area contributed by atoms with Crippen molar-refractivity contribution >= 4 is 49.2 Å². The van der Waals surface area contributed by atoms with Gasteiger partial charge in [0.25, 0.3) is 0 Å². The highest BCUT2D eigenvalue weighted by atomic mass is 32.1. The zero-order valence-corrected chi connectivity index (χ0v) is 24.0. The van der Waals surface area contributed by atoms with Crippen LogP contribution in [0, 0.1) is 12.7 Å². The smallest absolute Gasteiger partial charge is 0.228 e. The third-order valence-electron chi connectivity index (χ3n) is 6.47. The van der Waals surface area contributed by atoms with Gasteiger partial charge in [-0.25, -0.2) is 14.4 Å². The van der Waals surface area contributed by atoms with Crippen LogP contribution in [0.25, 0.3) is 32.4 Å². The van der Waals surface area contributed by atoms with Gasteiger partial charge in [0.15, 0.2) is 10.9 Å². The topological polar surface area (TPSA) is 127 Å². The first-order chi connectivity index (χ1) is 19.9. The van der Waals surface area contributed by atoms with E-state index in [1.165, 1.54) is 17.4 Å². The molecule has 3 aromatic heterocycles. The Hall–Kier alpha value is -4.16. The minimum Gasteiger partial charge on any atom is -0.492 e. The van der Waals surface area contributed by atoms with Crippen LogP contribution in [0.4, 0.5) is 15.3 Å². The molecular formula is C29H32FN7O3S. The van der Waals surface area contributed by atoms with Crippen molar-refractivity contribution in [2.24, 2.45) is 0 Å². The van der Waals surface area contributed by atoms with E-state index in [0.29, 0.717) is 39.7 Å². The van der Waals surface area contributed by atoms with Crippen molar-refractivity contribution in [2.75, 3.05) is 30.8 Å². The number of carbonyl (C=O) groups excluding carboxylic acids is 1. The number of fused-ring (bicyclic) bond motifs is 2. The van der Waals surface area contributed by atoms with Crippen LogP contribution in [0.3, 0.4) is 0 Å². The van der Waals surface area contributed by atoms with Crippen molar-refractivity contribution in [3.05, 3.63) is 54.3 Å². The minimum absolute atomic E-state index is 0.170. The maximum Gasteiger partial charge on any atom is 0.228 e. The van der Waals surface area contributed by atoms with E-state index in [2.05, 4.69) is 36.1 Å². The summed E-state index contributed by atoms with van der Waals surface area (Å²) in [5, 5.41) is 15.7. The molecule has 0 bridgehead atoms. The molecule has 5 aromatic rings. The van der Waals surface area contributed by atoms with E-state index in [1.54, 1.807) is 19.2 Å². The van der Waals surface area contributed by atoms with Gasteiger partial charge < -0.3 is 25.2 Å². The lowest BCUT2D eigenvalue weighted by Gasteiger charge is -2.20. The molecule has 0 saturated heterocycles. The molecule has 10 nitrogen and oxygen atoms in total. The molecule has 2 aromatic carbocycles. The van der Waals surface area contributed by atoms with Gasteiger partial charge in [-0.05, 0) is 62.5 Å². The van der Waals surface area contributed by atoms with Crippen molar-refractivity contribution in [2.45, 2.75) is 45.6 Å². The number of hydrogen-bond donors (Lipinski definition) is 3. The lowest BCUT2D eigenvalue weighted by atomic mass is 10.0. The molecule has 1 amide bonds. The number of carbonyl (C=O) groups is 1. The van der Waals surface area contributed by atoms with Crippen LogP contribution in [0.5, 0.6) is 5.75 Å². The first kappa shape index (κ1) is 28.4. The molecule has 0 radical (unpaired) electrons. The normalized spacial score (nSPS) is 12.1. The first-order valence-corrected chi connectivity index (χ1v) is 14.4. The fourth-order valence-electron chi connectivity index (χ4n) is 4.51. The Labute approximate surface area is 240 Å². The van der Waals surface area contributed by atoms with Crippen LogP contribution in [-0.4, -0.2) is 52.3 Å². The number of nitrogens with one attached hydrogen (secondary N) is 3. The number of aromatic nitrogens is 4. The summed E-state index contributed by atoms with van der Waals surface area (Å²) in [5.74, 6) is 1.52. The van der Waals surface area contributed by atoms with Gasteiger partial charge in [-0.3, -0.25) is 4.79 Å². The quantitative estimate of drug-likeness (QED) is 0.146. The Balaban J connectivity index is 1.36. The van der Waals surface area contributed by atoms with Crippen molar-refractivity contribution in [3.63, 3.8) is 0 Å². The van der Waals surface area contributed by atoms with Gasteiger partial charge in [0, 0.05) is 36.5 Å². The number of benzene rings is 2. The van der Waals surface area contributed by atoms with Crippen LogP contribution in [0.2, 0.25) is 0 Å². The summed E-state index contributed by atoms with van der Waals surface area (Å²) in [6.07, 6.45) is 4.31. The predicted octanol–water partition coefficient (Wildman–Crippen LogP) is 5.94. The summed E-state index contributed by atoms with van der Waals surface area (Å²) in [7, 11) is 1.90. The summed E-state index contributed by atoms with van der Waals surface area (Å²) < 4.78 is 25.9. The van der Waals surface area contributed by atoms with Crippen LogP contribution < -0.4 is 20.7 Å². The highest BCUT2D eigenvalue weighted by molar-refractivity contribution is 7.22. The number of halogens is 1. The predicted molar refractivity (Wildman–Crippen MR) is 159 cm³/mol. The summed E-state index contributed by atoms with van der Waals surface area (Å²) in [6, 6.07) is 10.5. The lowest BCUT2D eigenvalue weighted by molar-refractivity contribution is -0.116. The van der Waals surface area contributed by atoms with Crippen LogP contribution in [0.1, 0.15) is 38.5 Å². The molecule has 0 spiro atoms. The zero-order chi connectivity index (χ0) is 28.8. The Morgan fingerprint density at radius 3 is 2.85 bits per heavy atom. The van der Waals surface area contributed by atoms with E-state index in [0.717, 1.165) is 42.1 Å². The maximum absolute atomic E-state index is 14.5. The fraction of sp³-hybridized carbons (Fsp3) is 0.345. The molecule has 0 saturated carbocycles. The highest BCUT2D eigenvalue weighted by Gasteiger charge is 2.19. The summed E-state index contributed by atoms with van der Waals surface area (Å²) >= 11 is 1.20. The first-order valence-electron chi connectivity index (χ1n) is 13.6. The molecular weight excluding hydrogens is 545 g/mol. The average Bonchev–Trinajstić information content (AvgIpc) is 3.59. The molecule has 0 aliphatic carbocycles. The molecule has 5 rings (SSSR count). The van der Waals surface area contributed by atoms with Gasteiger partial charge in [0.2, 0.25) is 17.6 Å². The summed E-state index contributed by atoms with van der Waals surface area (Å²) in [6.45, 7) is 5.07. The number of thiazole rings is 1. The van der Waals surface area contributed by atoms with Gasteiger partial charge in [0.1, 0.15) is 21.8 Å². The summed E-state index contributed by atoms with van der Waals surface area (Å²) in [5.41, 5.74) is 0.996. The van der Waals surface area contributed by atoms with Crippen LogP contribution >= 0.6 is 11.3 Å². The monoisotopic (exact) mass is 577 g/mol. The maximum atomic E-state index is 14.5. The fourth-order valence-corrected chi connectivity index (χ4v) is 5.47. The van der Waals surface area contributed by atoms with E-state index in [-0.39, 0.29) is 23.9 Å². The van der Waals surface area contributed by atoms with Crippen molar-refractivity contribution in [1.82, 2.24) is 25.4 Å². The Morgan fingerprint density at radius 2 is 2.07 bits per heavy atom. The van der Waals surface area contributed by atoms with Crippen molar-refractivity contribution in [1.29, 1.82) is 0 Å². The number of rotatable bonds is 13. The van der Waals surface area contributed by atoms with E-state index < -0.39 is 5.82 Å².